The molecule has 0 spiro atoms. The molecule has 1 aliphatic heterocycles. The van der Waals surface area contributed by atoms with Gasteiger partial charge in [0.1, 0.15) is 0 Å². The van der Waals surface area contributed by atoms with Gasteiger partial charge in [-0.1, -0.05) is 38.5 Å². The first-order valence-corrected chi connectivity index (χ1v) is 10.0. The summed E-state index contributed by atoms with van der Waals surface area (Å²) in [7, 11) is -1.72. The summed E-state index contributed by atoms with van der Waals surface area (Å²) in [6.45, 7) is 4.03. The standard InChI is InChI=1S/C18H28O4S/c1-4-9-17(23(19,20)15-10-6-5-7-11-15)14(2)16-12-8-13-18(21-3)22-16/h5-7,10-11,14,16-18H,4,8-9,12-13H2,1-3H3. The molecule has 4 atom stereocenters. The first kappa shape index (κ1) is 18.4. The fraction of sp³-hybridized carbons (Fsp3) is 0.667. The molecule has 0 saturated carbocycles. The molecule has 1 aliphatic rings. The van der Waals surface area contributed by atoms with Crippen LogP contribution in [0.4, 0.5) is 0 Å². The van der Waals surface area contributed by atoms with Crippen molar-refractivity contribution >= 4 is 9.84 Å². The van der Waals surface area contributed by atoms with Gasteiger partial charge in [-0.25, -0.2) is 8.42 Å². The quantitative estimate of drug-likeness (QED) is 0.757. The van der Waals surface area contributed by atoms with Crippen LogP contribution in [-0.2, 0) is 19.3 Å². The van der Waals surface area contributed by atoms with Crippen LogP contribution < -0.4 is 0 Å². The average molecular weight is 340 g/mol. The number of hydrogen-bond donors (Lipinski definition) is 0. The van der Waals surface area contributed by atoms with E-state index >= 15 is 0 Å². The van der Waals surface area contributed by atoms with Gasteiger partial charge in [-0.05, 0) is 43.7 Å². The molecule has 1 fully saturated rings. The molecule has 130 valence electrons. The molecular weight excluding hydrogens is 312 g/mol. The maximum absolute atomic E-state index is 13.1. The van der Waals surface area contributed by atoms with Gasteiger partial charge in [0.15, 0.2) is 16.1 Å². The zero-order chi connectivity index (χ0) is 16.9. The summed E-state index contributed by atoms with van der Waals surface area (Å²) in [5.74, 6) is -0.0573. The van der Waals surface area contributed by atoms with Crippen molar-refractivity contribution in [3.8, 4) is 0 Å². The highest BCUT2D eigenvalue weighted by Gasteiger charge is 2.38. The number of hydrogen-bond acceptors (Lipinski definition) is 4. The topological polar surface area (TPSA) is 52.6 Å². The summed E-state index contributed by atoms with van der Waals surface area (Å²) in [6.07, 6.45) is 3.99. The second-order valence-corrected chi connectivity index (χ2v) is 8.48. The van der Waals surface area contributed by atoms with Gasteiger partial charge >= 0.3 is 0 Å². The van der Waals surface area contributed by atoms with E-state index in [2.05, 4.69) is 0 Å². The molecular formula is C18H28O4S. The van der Waals surface area contributed by atoms with E-state index in [9.17, 15) is 8.42 Å². The lowest BCUT2D eigenvalue weighted by Crippen LogP contribution is -2.41. The van der Waals surface area contributed by atoms with Crippen molar-refractivity contribution < 1.29 is 17.9 Å². The maximum Gasteiger partial charge on any atom is 0.181 e. The van der Waals surface area contributed by atoms with E-state index < -0.39 is 15.1 Å². The largest absolute Gasteiger partial charge is 0.356 e. The zero-order valence-electron chi connectivity index (χ0n) is 14.3. The Balaban J connectivity index is 2.23. The number of ether oxygens (including phenoxy) is 2. The van der Waals surface area contributed by atoms with E-state index in [1.807, 2.05) is 19.9 Å². The fourth-order valence-electron chi connectivity index (χ4n) is 3.39. The third kappa shape index (κ3) is 4.34. The van der Waals surface area contributed by atoms with E-state index in [1.54, 1.807) is 31.4 Å². The molecule has 0 amide bonds. The van der Waals surface area contributed by atoms with Gasteiger partial charge in [-0.15, -0.1) is 0 Å². The van der Waals surface area contributed by atoms with Crippen LogP contribution in [0, 0.1) is 5.92 Å². The minimum absolute atomic E-state index is 0.0573. The van der Waals surface area contributed by atoms with Crippen LogP contribution in [0.2, 0.25) is 0 Å². The third-order valence-corrected chi connectivity index (χ3v) is 7.13. The molecule has 0 bridgehead atoms. The molecule has 4 unspecified atom stereocenters. The highest BCUT2D eigenvalue weighted by molar-refractivity contribution is 7.92. The van der Waals surface area contributed by atoms with E-state index in [-0.39, 0.29) is 18.3 Å². The Morgan fingerprint density at radius 1 is 1.26 bits per heavy atom. The lowest BCUT2D eigenvalue weighted by molar-refractivity contribution is -0.191. The predicted molar refractivity (Wildman–Crippen MR) is 91.0 cm³/mol. The molecule has 0 aliphatic carbocycles. The van der Waals surface area contributed by atoms with Crippen molar-refractivity contribution in [2.45, 2.75) is 68.5 Å². The molecule has 4 nitrogen and oxygen atoms in total. The maximum atomic E-state index is 13.1. The van der Waals surface area contributed by atoms with Gasteiger partial charge in [0.05, 0.1) is 16.2 Å². The molecule has 1 saturated heterocycles. The summed E-state index contributed by atoms with van der Waals surface area (Å²) < 4.78 is 37.4. The number of rotatable bonds is 7. The highest BCUT2D eigenvalue weighted by Crippen LogP contribution is 2.33. The second kappa shape index (κ2) is 8.27. The molecule has 23 heavy (non-hydrogen) atoms. The Hall–Kier alpha value is -0.910. The molecule has 5 heteroatoms. The number of methoxy groups -OCH3 is 1. The van der Waals surface area contributed by atoms with Crippen LogP contribution >= 0.6 is 0 Å². The fourth-order valence-corrected chi connectivity index (χ4v) is 5.56. The highest BCUT2D eigenvalue weighted by atomic mass is 32.2. The van der Waals surface area contributed by atoms with Crippen LogP contribution in [0.1, 0.15) is 46.0 Å². The van der Waals surface area contributed by atoms with E-state index in [0.717, 1.165) is 25.7 Å². The van der Waals surface area contributed by atoms with Crippen molar-refractivity contribution in [3.05, 3.63) is 30.3 Å². The first-order valence-electron chi connectivity index (χ1n) is 8.48. The van der Waals surface area contributed by atoms with E-state index in [4.69, 9.17) is 9.47 Å². The normalized spacial score (nSPS) is 25.0. The lowest BCUT2D eigenvalue weighted by Gasteiger charge is -2.36. The van der Waals surface area contributed by atoms with Crippen LogP contribution in [0.25, 0.3) is 0 Å². The molecule has 1 aromatic carbocycles. The monoisotopic (exact) mass is 340 g/mol. The smallest absolute Gasteiger partial charge is 0.181 e. The Kier molecular flexibility index (Phi) is 6.62. The van der Waals surface area contributed by atoms with Crippen molar-refractivity contribution in [2.75, 3.05) is 7.11 Å². The van der Waals surface area contributed by atoms with Crippen molar-refractivity contribution in [2.24, 2.45) is 5.92 Å². The first-order chi connectivity index (χ1) is 11.0. The lowest BCUT2D eigenvalue weighted by atomic mass is 9.92. The zero-order valence-corrected chi connectivity index (χ0v) is 15.1. The van der Waals surface area contributed by atoms with Gasteiger partial charge < -0.3 is 9.47 Å². The van der Waals surface area contributed by atoms with Crippen LogP contribution in [-0.4, -0.2) is 33.2 Å². The van der Waals surface area contributed by atoms with Crippen molar-refractivity contribution in [1.82, 2.24) is 0 Å². The third-order valence-electron chi connectivity index (χ3n) is 4.73. The summed E-state index contributed by atoms with van der Waals surface area (Å²) in [5.41, 5.74) is 0. The average Bonchev–Trinajstić information content (AvgIpc) is 2.59. The minimum atomic E-state index is -3.36. The Morgan fingerprint density at radius 2 is 1.96 bits per heavy atom. The van der Waals surface area contributed by atoms with Crippen LogP contribution in [0.5, 0.6) is 0 Å². The summed E-state index contributed by atoms with van der Waals surface area (Å²) in [4.78, 5) is 0.407. The SMILES string of the molecule is CCCC(C(C)C1CCCC(OC)O1)S(=O)(=O)c1ccccc1. The summed E-state index contributed by atoms with van der Waals surface area (Å²) in [6, 6.07) is 8.76. The van der Waals surface area contributed by atoms with Gasteiger partial charge in [-0.2, -0.15) is 0 Å². The Labute approximate surface area is 140 Å². The second-order valence-electron chi connectivity index (χ2n) is 6.32. The van der Waals surface area contributed by atoms with Gasteiger partial charge in [0.25, 0.3) is 0 Å². The number of sulfone groups is 1. The van der Waals surface area contributed by atoms with Gasteiger partial charge in [-0.3, -0.25) is 0 Å². The molecule has 0 radical (unpaired) electrons. The minimum Gasteiger partial charge on any atom is -0.356 e. The molecule has 0 aromatic heterocycles. The van der Waals surface area contributed by atoms with Crippen LogP contribution in [0.3, 0.4) is 0 Å². The number of benzene rings is 1. The molecule has 0 N–H and O–H groups in total. The Bertz CT molecular complexity index is 570. The molecule has 1 aromatic rings. The van der Waals surface area contributed by atoms with Gasteiger partial charge in [0.2, 0.25) is 0 Å². The summed E-state index contributed by atoms with van der Waals surface area (Å²) >= 11 is 0. The molecule has 2 rings (SSSR count). The van der Waals surface area contributed by atoms with E-state index in [0.29, 0.717) is 11.3 Å². The van der Waals surface area contributed by atoms with E-state index in [1.165, 1.54) is 0 Å². The Morgan fingerprint density at radius 3 is 2.57 bits per heavy atom. The van der Waals surface area contributed by atoms with Crippen molar-refractivity contribution in [3.63, 3.8) is 0 Å². The van der Waals surface area contributed by atoms with Crippen LogP contribution in [0.15, 0.2) is 35.2 Å². The van der Waals surface area contributed by atoms with Gasteiger partial charge in [0, 0.05) is 7.11 Å². The predicted octanol–water partition coefficient (Wildman–Crippen LogP) is 3.81. The summed E-state index contributed by atoms with van der Waals surface area (Å²) in [5, 5.41) is -0.421. The molecule has 1 heterocycles. The van der Waals surface area contributed by atoms with Crippen molar-refractivity contribution in [1.29, 1.82) is 0 Å².